The number of H-pyrrole nitrogens is 1. The van der Waals surface area contributed by atoms with E-state index in [2.05, 4.69) is 15.6 Å². The largest absolute Gasteiger partial charge is 0.390 e. The van der Waals surface area contributed by atoms with Crippen LogP contribution in [0.2, 0.25) is 0 Å². The van der Waals surface area contributed by atoms with Crippen LogP contribution in [-0.2, 0) is 11.2 Å². The highest BCUT2D eigenvalue weighted by atomic mass is 19.1. The van der Waals surface area contributed by atoms with Gasteiger partial charge in [0.15, 0.2) is 0 Å². The number of aldehydes is 1. The molecule has 1 aliphatic rings. The zero-order chi connectivity index (χ0) is 19.5. The minimum Gasteiger partial charge on any atom is -0.390 e. The van der Waals surface area contributed by atoms with E-state index in [0.29, 0.717) is 26.1 Å². The molecule has 1 aliphatic heterocycles. The number of halogens is 1. The number of β-amino-alcohol motifs (C(OH)–C–C–N with tert-alkyl or cyclic N) is 1. The van der Waals surface area contributed by atoms with Crippen molar-refractivity contribution >= 4 is 17.2 Å². The summed E-state index contributed by atoms with van der Waals surface area (Å²) < 4.78 is 13.4. The third-order valence-electron chi connectivity index (χ3n) is 5.43. The van der Waals surface area contributed by atoms with Gasteiger partial charge in [0.25, 0.3) is 0 Å². The maximum absolute atomic E-state index is 13.4. The zero-order valence-electron chi connectivity index (χ0n) is 15.5. The summed E-state index contributed by atoms with van der Waals surface area (Å²) in [5, 5.41) is 17.4. The van der Waals surface area contributed by atoms with Gasteiger partial charge < -0.3 is 25.5 Å². The van der Waals surface area contributed by atoms with Crippen LogP contribution in [0.15, 0.2) is 48.5 Å². The van der Waals surface area contributed by atoms with Gasteiger partial charge in [-0.05, 0) is 47.9 Å². The molecule has 0 bridgehead atoms. The molecule has 2 heterocycles. The topological polar surface area (TPSA) is 77.2 Å². The smallest absolute Gasteiger partial charge is 0.124 e. The molecule has 1 unspecified atom stereocenters. The summed E-state index contributed by atoms with van der Waals surface area (Å²) in [6.07, 6.45) is 1.09. The molecule has 0 amide bonds. The number of fused-ring (bicyclic) bond motifs is 1. The normalized spacial score (nSPS) is 20.5. The molecule has 6 heteroatoms. The van der Waals surface area contributed by atoms with Crippen molar-refractivity contribution in [3.05, 3.63) is 59.9 Å². The van der Waals surface area contributed by atoms with Crippen molar-refractivity contribution in [2.24, 2.45) is 5.92 Å². The second-order valence-corrected chi connectivity index (χ2v) is 7.37. The van der Waals surface area contributed by atoms with E-state index in [1.165, 1.54) is 12.1 Å². The van der Waals surface area contributed by atoms with Gasteiger partial charge in [-0.25, -0.2) is 4.39 Å². The number of aliphatic hydroxyl groups is 1. The van der Waals surface area contributed by atoms with Gasteiger partial charge in [-0.1, -0.05) is 18.2 Å². The number of benzene rings is 2. The van der Waals surface area contributed by atoms with Gasteiger partial charge in [-0.3, -0.25) is 0 Å². The first-order valence-electron chi connectivity index (χ1n) is 9.58. The molecule has 5 nitrogen and oxygen atoms in total. The lowest BCUT2D eigenvalue weighted by atomic mass is 9.95. The third kappa shape index (κ3) is 3.85. The van der Waals surface area contributed by atoms with Gasteiger partial charge in [0.1, 0.15) is 12.1 Å². The Balaban J connectivity index is 1.61. The molecule has 0 saturated carbocycles. The van der Waals surface area contributed by atoms with E-state index in [4.69, 9.17) is 0 Å². The summed E-state index contributed by atoms with van der Waals surface area (Å²) in [6, 6.07) is 14.3. The number of hydrogen-bond acceptors (Lipinski definition) is 4. The average Bonchev–Trinajstić information content (AvgIpc) is 3.29. The van der Waals surface area contributed by atoms with Gasteiger partial charge in [-0.2, -0.15) is 0 Å². The summed E-state index contributed by atoms with van der Waals surface area (Å²) in [5.41, 5.74) is 3.84. The van der Waals surface area contributed by atoms with Crippen LogP contribution >= 0.6 is 0 Å². The number of carbonyl (C=O) groups is 1. The minimum atomic E-state index is -0.435. The van der Waals surface area contributed by atoms with Gasteiger partial charge >= 0.3 is 0 Å². The lowest BCUT2D eigenvalue weighted by Gasteiger charge is -2.19. The molecule has 1 fully saturated rings. The summed E-state index contributed by atoms with van der Waals surface area (Å²) in [6.45, 7) is 1.76. The Morgan fingerprint density at radius 3 is 2.68 bits per heavy atom. The molecule has 3 aromatic rings. The Morgan fingerprint density at radius 1 is 1.18 bits per heavy atom. The third-order valence-corrected chi connectivity index (χ3v) is 5.43. The molecule has 3 atom stereocenters. The van der Waals surface area contributed by atoms with Crippen LogP contribution in [0.25, 0.3) is 22.2 Å². The van der Waals surface area contributed by atoms with Crippen LogP contribution in [0.3, 0.4) is 0 Å². The first kappa shape index (κ1) is 18.8. The Bertz CT molecular complexity index is 954. The van der Waals surface area contributed by atoms with Gasteiger partial charge in [0.2, 0.25) is 0 Å². The Labute approximate surface area is 163 Å². The first-order valence-corrected chi connectivity index (χ1v) is 9.58. The number of para-hydroxylation sites is 1. The Hall–Kier alpha value is -2.54. The fourth-order valence-electron chi connectivity index (χ4n) is 3.88. The highest BCUT2D eigenvalue weighted by Gasteiger charge is 2.25. The van der Waals surface area contributed by atoms with Crippen molar-refractivity contribution in [3.8, 4) is 11.3 Å². The molecule has 2 aromatic carbocycles. The molecule has 0 radical (unpaired) electrons. The second kappa shape index (κ2) is 8.22. The molecule has 0 spiro atoms. The first-order chi connectivity index (χ1) is 13.7. The summed E-state index contributed by atoms with van der Waals surface area (Å²) in [5.74, 6) is -0.508. The van der Waals surface area contributed by atoms with Crippen molar-refractivity contribution in [1.82, 2.24) is 15.6 Å². The van der Waals surface area contributed by atoms with Gasteiger partial charge in [0.05, 0.1) is 6.10 Å². The van der Waals surface area contributed by atoms with Gasteiger partial charge in [0, 0.05) is 48.2 Å². The van der Waals surface area contributed by atoms with E-state index < -0.39 is 6.10 Å². The maximum atomic E-state index is 13.4. The molecule has 1 saturated heterocycles. The van der Waals surface area contributed by atoms with Crippen LogP contribution in [0.5, 0.6) is 0 Å². The molecule has 0 aliphatic carbocycles. The summed E-state index contributed by atoms with van der Waals surface area (Å²) in [7, 11) is 0. The predicted octanol–water partition coefficient (Wildman–Crippen LogP) is 2.25. The van der Waals surface area contributed by atoms with Crippen LogP contribution in [0.1, 0.15) is 5.56 Å². The van der Waals surface area contributed by atoms with E-state index in [9.17, 15) is 14.3 Å². The number of aliphatic hydroxyl groups excluding tert-OH is 1. The number of nitrogens with one attached hydrogen (secondary N) is 3. The number of rotatable bonds is 7. The van der Waals surface area contributed by atoms with Gasteiger partial charge in [-0.15, -0.1) is 0 Å². The van der Waals surface area contributed by atoms with Crippen molar-refractivity contribution in [2.75, 3.05) is 19.6 Å². The number of carbonyl (C=O) groups excluding carboxylic acids is 1. The van der Waals surface area contributed by atoms with E-state index in [-0.39, 0.29) is 17.8 Å². The van der Waals surface area contributed by atoms with E-state index in [1.54, 1.807) is 12.1 Å². The lowest BCUT2D eigenvalue weighted by Crippen LogP contribution is -2.42. The lowest BCUT2D eigenvalue weighted by molar-refractivity contribution is -0.111. The standard InChI is InChI=1S/C22H24FN3O2/c23-16-7-5-15(6-8-16)22-18(17-3-1-2-4-19(17)26-22)9-14(13-27)10-25-20-11-24-12-21(20)28/h1-8,13-14,20-21,24-26,28H,9-12H2/t14?,20-,21-/m1/s1. The Morgan fingerprint density at radius 2 is 1.96 bits per heavy atom. The quantitative estimate of drug-likeness (QED) is 0.474. The van der Waals surface area contributed by atoms with E-state index in [0.717, 1.165) is 34.0 Å². The summed E-state index contributed by atoms with van der Waals surface area (Å²) in [4.78, 5) is 15.2. The Kier molecular flexibility index (Phi) is 5.52. The van der Waals surface area contributed by atoms with E-state index in [1.807, 2.05) is 24.3 Å². The van der Waals surface area contributed by atoms with Crippen molar-refractivity contribution < 1.29 is 14.3 Å². The molecule has 146 valence electrons. The van der Waals surface area contributed by atoms with E-state index >= 15 is 0 Å². The van der Waals surface area contributed by atoms with Crippen molar-refractivity contribution in [1.29, 1.82) is 0 Å². The van der Waals surface area contributed by atoms with Crippen molar-refractivity contribution in [2.45, 2.75) is 18.6 Å². The molecule has 4 N–H and O–H groups in total. The number of aromatic amines is 1. The molecule has 1 aromatic heterocycles. The number of aromatic nitrogens is 1. The zero-order valence-corrected chi connectivity index (χ0v) is 15.5. The molecular weight excluding hydrogens is 357 g/mol. The predicted molar refractivity (Wildman–Crippen MR) is 108 cm³/mol. The van der Waals surface area contributed by atoms with Crippen LogP contribution in [0, 0.1) is 11.7 Å². The molecule has 28 heavy (non-hydrogen) atoms. The average molecular weight is 381 g/mol. The SMILES string of the molecule is O=CC(CN[C@@H]1CNC[C@H]1O)Cc1c(-c2ccc(F)cc2)[nH]c2ccccc12. The molecular formula is C22H24FN3O2. The van der Waals surface area contributed by atoms with Crippen LogP contribution < -0.4 is 10.6 Å². The van der Waals surface area contributed by atoms with Crippen LogP contribution in [-0.4, -0.2) is 48.2 Å². The highest BCUT2D eigenvalue weighted by Crippen LogP contribution is 2.32. The molecule has 4 rings (SSSR count). The van der Waals surface area contributed by atoms with Crippen molar-refractivity contribution in [3.63, 3.8) is 0 Å². The summed E-state index contributed by atoms with van der Waals surface area (Å²) >= 11 is 0. The highest BCUT2D eigenvalue weighted by molar-refractivity contribution is 5.91. The maximum Gasteiger partial charge on any atom is 0.124 e. The fourth-order valence-corrected chi connectivity index (χ4v) is 3.88. The second-order valence-electron chi connectivity index (χ2n) is 7.37. The van der Waals surface area contributed by atoms with Crippen LogP contribution in [0.4, 0.5) is 4.39 Å². The minimum absolute atomic E-state index is 0.0398. The monoisotopic (exact) mass is 381 g/mol. The fraction of sp³-hybridized carbons (Fsp3) is 0.318. The number of hydrogen-bond donors (Lipinski definition) is 4.